The van der Waals surface area contributed by atoms with Gasteiger partial charge in [0.15, 0.2) is 5.82 Å². The van der Waals surface area contributed by atoms with Crippen molar-refractivity contribution in [3.63, 3.8) is 0 Å². The van der Waals surface area contributed by atoms with Crippen molar-refractivity contribution in [1.82, 2.24) is 34.4 Å². The molecule has 2 saturated heterocycles. The molecule has 0 radical (unpaired) electrons. The second kappa shape index (κ2) is 7.26. The molecule has 2 fully saturated rings. The molecule has 2 atom stereocenters. The van der Waals surface area contributed by atoms with Crippen molar-refractivity contribution in [3.8, 4) is 5.82 Å². The van der Waals surface area contributed by atoms with Crippen LogP contribution in [0.1, 0.15) is 17.0 Å². The second-order valence-corrected chi connectivity index (χ2v) is 8.54. The standard InChI is InChI=1S/C21H28N8/c1-15-8-24-28(9-15)5-4-26-10-18-12-27(13-19(18)11-26)20-7-21(23-14-22-20)29-17(3)6-16(2)25-29/h6-9,14,18-19H,4-5,10-13H2,1-3H3. The van der Waals surface area contributed by atoms with Crippen LogP contribution in [0.4, 0.5) is 5.82 Å². The first kappa shape index (κ1) is 18.3. The Kier molecular flexibility index (Phi) is 4.58. The first-order chi connectivity index (χ1) is 14.0. The van der Waals surface area contributed by atoms with Crippen LogP contribution < -0.4 is 4.90 Å². The van der Waals surface area contributed by atoms with Crippen LogP contribution in [-0.4, -0.2) is 67.2 Å². The van der Waals surface area contributed by atoms with E-state index in [-0.39, 0.29) is 0 Å². The third-order valence-corrected chi connectivity index (χ3v) is 6.16. The van der Waals surface area contributed by atoms with Crippen molar-refractivity contribution in [3.05, 3.63) is 47.8 Å². The van der Waals surface area contributed by atoms with Gasteiger partial charge in [-0.3, -0.25) is 4.68 Å². The summed E-state index contributed by atoms with van der Waals surface area (Å²) < 4.78 is 3.95. The lowest BCUT2D eigenvalue weighted by atomic mass is 10.0. The Balaban J connectivity index is 1.21. The lowest BCUT2D eigenvalue weighted by Crippen LogP contribution is -2.31. The van der Waals surface area contributed by atoms with Gasteiger partial charge in [0.2, 0.25) is 0 Å². The minimum Gasteiger partial charge on any atom is -0.356 e. The van der Waals surface area contributed by atoms with Gasteiger partial charge in [-0.05, 0) is 44.2 Å². The van der Waals surface area contributed by atoms with Crippen molar-refractivity contribution in [2.45, 2.75) is 27.3 Å². The van der Waals surface area contributed by atoms with E-state index < -0.39 is 0 Å². The van der Waals surface area contributed by atoms with Gasteiger partial charge >= 0.3 is 0 Å². The van der Waals surface area contributed by atoms with Crippen LogP contribution in [0.25, 0.3) is 5.82 Å². The summed E-state index contributed by atoms with van der Waals surface area (Å²) in [5.41, 5.74) is 3.32. The molecule has 0 saturated carbocycles. The highest BCUT2D eigenvalue weighted by Gasteiger charge is 2.40. The van der Waals surface area contributed by atoms with Crippen LogP contribution in [0.15, 0.2) is 30.9 Å². The quantitative estimate of drug-likeness (QED) is 0.660. The van der Waals surface area contributed by atoms with E-state index in [1.54, 1.807) is 6.33 Å². The van der Waals surface area contributed by atoms with E-state index in [1.807, 2.05) is 17.8 Å². The molecule has 5 rings (SSSR count). The number of nitrogens with zero attached hydrogens (tertiary/aromatic N) is 8. The number of fused-ring (bicyclic) bond motifs is 1. The number of anilines is 1. The summed E-state index contributed by atoms with van der Waals surface area (Å²) in [6.45, 7) is 12.6. The minimum atomic E-state index is 0.710. The second-order valence-electron chi connectivity index (χ2n) is 8.54. The fourth-order valence-corrected chi connectivity index (χ4v) is 4.78. The van der Waals surface area contributed by atoms with Gasteiger partial charge < -0.3 is 9.80 Å². The summed E-state index contributed by atoms with van der Waals surface area (Å²) in [7, 11) is 0. The number of hydrogen-bond acceptors (Lipinski definition) is 6. The maximum atomic E-state index is 4.56. The molecule has 29 heavy (non-hydrogen) atoms. The molecule has 3 aromatic rings. The Bertz CT molecular complexity index is 992. The third kappa shape index (κ3) is 3.64. The average molecular weight is 393 g/mol. The smallest absolute Gasteiger partial charge is 0.159 e. The third-order valence-electron chi connectivity index (χ3n) is 6.16. The van der Waals surface area contributed by atoms with Crippen molar-refractivity contribution >= 4 is 5.82 Å². The Morgan fingerprint density at radius 3 is 2.34 bits per heavy atom. The zero-order chi connectivity index (χ0) is 20.0. The van der Waals surface area contributed by atoms with Gasteiger partial charge in [-0.15, -0.1) is 0 Å². The fourth-order valence-electron chi connectivity index (χ4n) is 4.78. The van der Waals surface area contributed by atoms with E-state index in [9.17, 15) is 0 Å². The number of rotatable bonds is 5. The van der Waals surface area contributed by atoms with Crippen LogP contribution in [0, 0.1) is 32.6 Å². The molecule has 0 aromatic carbocycles. The van der Waals surface area contributed by atoms with E-state index >= 15 is 0 Å². The van der Waals surface area contributed by atoms with Gasteiger partial charge in [-0.2, -0.15) is 10.2 Å². The van der Waals surface area contributed by atoms with Crippen LogP contribution in [0.3, 0.4) is 0 Å². The molecule has 152 valence electrons. The largest absolute Gasteiger partial charge is 0.356 e. The molecular formula is C21H28N8. The Morgan fingerprint density at radius 1 is 0.931 bits per heavy atom. The fraction of sp³-hybridized carbons (Fsp3) is 0.524. The molecular weight excluding hydrogens is 364 g/mol. The van der Waals surface area contributed by atoms with Gasteiger partial charge in [0.25, 0.3) is 0 Å². The lowest BCUT2D eigenvalue weighted by molar-refractivity contribution is 0.296. The Morgan fingerprint density at radius 2 is 1.69 bits per heavy atom. The van der Waals surface area contributed by atoms with Gasteiger partial charge in [-0.1, -0.05) is 0 Å². The van der Waals surface area contributed by atoms with E-state index in [0.717, 1.165) is 62.3 Å². The zero-order valence-electron chi connectivity index (χ0n) is 17.4. The van der Waals surface area contributed by atoms with Crippen molar-refractivity contribution in [2.24, 2.45) is 11.8 Å². The summed E-state index contributed by atoms with van der Waals surface area (Å²) in [6, 6.07) is 4.14. The maximum Gasteiger partial charge on any atom is 0.159 e. The minimum absolute atomic E-state index is 0.710. The summed E-state index contributed by atoms with van der Waals surface area (Å²) in [4.78, 5) is 14.0. The topological polar surface area (TPSA) is 67.9 Å². The predicted molar refractivity (Wildman–Crippen MR) is 111 cm³/mol. The van der Waals surface area contributed by atoms with Gasteiger partial charge in [0.1, 0.15) is 12.1 Å². The highest BCUT2D eigenvalue weighted by Crippen LogP contribution is 2.33. The Labute approximate surface area is 171 Å². The van der Waals surface area contributed by atoms with E-state index in [1.165, 1.54) is 5.56 Å². The normalized spacial score (nSPS) is 21.8. The van der Waals surface area contributed by atoms with Gasteiger partial charge in [-0.25, -0.2) is 14.6 Å². The maximum absolute atomic E-state index is 4.56. The van der Waals surface area contributed by atoms with E-state index in [2.05, 4.69) is 66.8 Å². The summed E-state index contributed by atoms with van der Waals surface area (Å²) in [6.07, 6.45) is 5.71. The molecule has 0 aliphatic carbocycles. The molecule has 0 N–H and O–H groups in total. The van der Waals surface area contributed by atoms with Crippen molar-refractivity contribution in [2.75, 3.05) is 37.6 Å². The number of likely N-dealkylation sites (tertiary alicyclic amines) is 1. The number of aromatic nitrogens is 6. The van der Waals surface area contributed by atoms with E-state index in [4.69, 9.17) is 0 Å². The molecule has 2 aliphatic heterocycles. The highest BCUT2D eigenvalue weighted by atomic mass is 15.3. The summed E-state index contributed by atoms with van der Waals surface area (Å²) in [5.74, 6) is 3.27. The zero-order valence-corrected chi connectivity index (χ0v) is 17.4. The van der Waals surface area contributed by atoms with E-state index in [0.29, 0.717) is 11.8 Å². The first-order valence-corrected chi connectivity index (χ1v) is 10.4. The molecule has 0 amide bonds. The Hall–Kier alpha value is -2.74. The number of aryl methyl sites for hydroxylation is 3. The lowest BCUT2D eigenvalue weighted by Gasteiger charge is -2.22. The van der Waals surface area contributed by atoms with Crippen molar-refractivity contribution in [1.29, 1.82) is 0 Å². The van der Waals surface area contributed by atoms with Gasteiger partial charge in [0.05, 0.1) is 18.4 Å². The summed E-state index contributed by atoms with van der Waals surface area (Å²) >= 11 is 0. The molecule has 8 heteroatoms. The SMILES string of the molecule is Cc1cnn(CCN2CC3CN(c4cc(-n5nc(C)cc5C)ncn4)CC3C2)c1. The van der Waals surface area contributed by atoms with Crippen LogP contribution >= 0.6 is 0 Å². The molecule has 2 unspecified atom stereocenters. The van der Waals surface area contributed by atoms with Crippen LogP contribution in [0.5, 0.6) is 0 Å². The summed E-state index contributed by atoms with van der Waals surface area (Å²) in [5, 5.41) is 8.96. The molecule has 3 aromatic heterocycles. The predicted octanol–water partition coefficient (Wildman–Crippen LogP) is 1.85. The van der Waals surface area contributed by atoms with Crippen LogP contribution in [0.2, 0.25) is 0 Å². The molecule has 2 aliphatic rings. The molecule has 5 heterocycles. The van der Waals surface area contributed by atoms with Crippen LogP contribution in [-0.2, 0) is 6.54 Å². The van der Waals surface area contributed by atoms with Gasteiger partial charge in [0, 0.05) is 50.7 Å². The molecule has 8 nitrogen and oxygen atoms in total. The average Bonchev–Trinajstić information content (AvgIpc) is 3.44. The first-order valence-electron chi connectivity index (χ1n) is 10.4. The highest BCUT2D eigenvalue weighted by molar-refractivity contribution is 5.45. The van der Waals surface area contributed by atoms with Crippen molar-refractivity contribution < 1.29 is 0 Å². The molecule has 0 bridgehead atoms. The molecule has 0 spiro atoms. The number of hydrogen-bond donors (Lipinski definition) is 0. The monoisotopic (exact) mass is 392 g/mol.